The number of rotatable bonds is 5. The third-order valence-corrected chi connectivity index (χ3v) is 5.76. The number of carbonyl (C=O) groups excluding carboxylic acids is 2. The average Bonchev–Trinajstić information content (AvgIpc) is 2.56. The first-order chi connectivity index (χ1) is 12.5. The summed E-state index contributed by atoms with van der Waals surface area (Å²) in [6.07, 6.45) is 0. The Kier molecular flexibility index (Phi) is 5.71. The van der Waals surface area contributed by atoms with Crippen LogP contribution in [-0.4, -0.2) is 28.6 Å². The van der Waals surface area contributed by atoms with Crippen LogP contribution in [0.1, 0.15) is 5.56 Å². The van der Waals surface area contributed by atoms with E-state index in [1.807, 2.05) is 0 Å². The maximum atomic E-state index is 12.0. The molecule has 0 unspecified atom stereocenters. The minimum absolute atomic E-state index is 0.298. The van der Waals surface area contributed by atoms with E-state index in [1.165, 1.54) is 45.8 Å². The van der Waals surface area contributed by atoms with E-state index in [4.69, 9.17) is 11.5 Å². The van der Waals surface area contributed by atoms with Crippen molar-refractivity contribution >= 4 is 43.2 Å². The van der Waals surface area contributed by atoms with Gasteiger partial charge in [0, 0.05) is 11.4 Å². The van der Waals surface area contributed by atoms with Crippen LogP contribution in [0.15, 0.2) is 53.4 Å². The van der Waals surface area contributed by atoms with Gasteiger partial charge in [-0.3, -0.25) is 9.59 Å². The normalized spacial score (nSPS) is 11.6. The van der Waals surface area contributed by atoms with Crippen molar-refractivity contribution in [3.8, 4) is 0 Å². The first-order valence-electron chi connectivity index (χ1n) is 7.30. The highest BCUT2D eigenvalue weighted by Gasteiger charge is 2.26. The zero-order valence-corrected chi connectivity index (χ0v) is 15.4. The molecule has 0 saturated carbocycles. The van der Waals surface area contributed by atoms with Gasteiger partial charge in [-0.15, -0.1) is 0 Å². The molecule has 2 amide bonds. The van der Waals surface area contributed by atoms with Crippen molar-refractivity contribution in [1.82, 2.24) is 9.44 Å². The summed E-state index contributed by atoms with van der Waals surface area (Å²) in [5.41, 5.74) is 12.0. The highest BCUT2D eigenvalue weighted by molar-refractivity contribution is 7.90. The van der Waals surface area contributed by atoms with Gasteiger partial charge in [0.25, 0.3) is 10.0 Å². The van der Waals surface area contributed by atoms with E-state index in [9.17, 15) is 26.4 Å². The second-order valence-electron chi connectivity index (χ2n) is 5.44. The van der Waals surface area contributed by atoms with Crippen molar-refractivity contribution in [2.45, 2.75) is 10.6 Å². The number of hydrogen-bond acceptors (Lipinski definition) is 8. The van der Waals surface area contributed by atoms with Crippen molar-refractivity contribution in [2.75, 3.05) is 11.5 Å². The van der Waals surface area contributed by atoms with Gasteiger partial charge in [0.1, 0.15) is 0 Å². The third-order valence-electron chi connectivity index (χ3n) is 3.21. The number of anilines is 2. The standard InChI is InChI=1S/C15H16N4O6S2/c16-11-3-1-10(2-4-11)9-26(22,23)18-14(20)15(21)19-27(24,25)13-7-5-12(17)6-8-13/h1-8H,9,16-17H2,(H,18,20)(H,19,21). The molecule has 6 N–H and O–H groups in total. The van der Waals surface area contributed by atoms with E-state index in [0.717, 1.165) is 12.1 Å². The second-order valence-corrected chi connectivity index (χ2v) is 8.84. The van der Waals surface area contributed by atoms with Gasteiger partial charge in [-0.05, 0) is 42.0 Å². The number of amides is 2. The van der Waals surface area contributed by atoms with Crippen LogP contribution < -0.4 is 20.9 Å². The van der Waals surface area contributed by atoms with Gasteiger partial charge >= 0.3 is 11.8 Å². The molecular formula is C15H16N4O6S2. The van der Waals surface area contributed by atoms with Crippen LogP contribution in [0, 0.1) is 0 Å². The Bertz CT molecular complexity index is 1060. The Morgan fingerprint density at radius 1 is 0.741 bits per heavy atom. The molecule has 0 spiro atoms. The van der Waals surface area contributed by atoms with Gasteiger partial charge < -0.3 is 11.5 Å². The van der Waals surface area contributed by atoms with Crippen LogP contribution in [0.3, 0.4) is 0 Å². The number of carbonyl (C=O) groups is 2. The minimum Gasteiger partial charge on any atom is -0.399 e. The monoisotopic (exact) mass is 412 g/mol. The Balaban J connectivity index is 2.05. The summed E-state index contributed by atoms with van der Waals surface area (Å²) in [6, 6.07) is 10.6. The number of nitrogens with one attached hydrogen (secondary N) is 2. The summed E-state index contributed by atoms with van der Waals surface area (Å²) in [6.45, 7) is 0. The number of nitrogens with two attached hydrogens (primary N) is 2. The fraction of sp³-hybridized carbons (Fsp3) is 0.0667. The topological polar surface area (TPSA) is 179 Å². The predicted molar refractivity (Wildman–Crippen MR) is 97.8 cm³/mol. The molecule has 0 saturated heterocycles. The molecule has 0 fully saturated rings. The molecule has 0 bridgehead atoms. The Morgan fingerprint density at radius 2 is 1.19 bits per heavy atom. The molecule has 0 radical (unpaired) electrons. The summed E-state index contributed by atoms with van der Waals surface area (Å²) in [4.78, 5) is 23.2. The SMILES string of the molecule is Nc1ccc(CS(=O)(=O)NC(=O)C(=O)NS(=O)(=O)c2ccc(N)cc2)cc1. The number of benzene rings is 2. The number of hydrogen-bond donors (Lipinski definition) is 4. The highest BCUT2D eigenvalue weighted by Crippen LogP contribution is 2.11. The third kappa shape index (κ3) is 5.69. The van der Waals surface area contributed by atoms with E-state index >= 15 is 0 Å². The first kappa shape index (κ1) is 20.2. The Morgan fingerprint density at radius 3 is 1.70 bits per heavy atom. The largest absolute Gasteiger partial charge is 0.399 e. The van der Waals surface area contributed by atoms with Crippen molar-refractivity contribution in [3.05, 3.63) is 54.1 Å². The lowest BCUT2D eigenvalue weighted by atomic mass is 10.2. The molecule has 0 aromatic heterocycles. The molecule has 0 aliphatic rings. The summed E-state index contributed by atoms with van der Waals surface area (Å²) in [5.74, 6) is -3.88. The van der Waals surface area contributed by atoms with Crippen LogP contribution in [-0.2, 0) is 35.4 Å². The van der Waals surface area contributed by atoms with E-state index in [-0.39, 0.29) is 4.90 Å². The molecule has 0 aliphatic carbocycles. The molecule has 12 heteroatoms. The van der Waals surface area contributed by atoms with Crippen LogP contribution >= 0.6 is 0 Å². The smallest absolute Gasteiger partial charge is 0.324 e. The number of nitrogen functional groups attached to an aromatic ring is 2. The van der Waals surface area contributed by atoms with Gasteiger partial charge in [-0.25, -0.2) is 26.3 Å². The zero-order valence-electron chi connectivity index (χ0n) is 13.7. The van der Waals surface area contributed by atoms with Crippen LogP contribution in [0.2, 0.25) is 0 Å². The van der Waals surface area contributed by atoms with E-state index in [0.29, 0.717) is 16.9 Å². The van der Waals surface area contributed by atoms with E-state index in [2.05, 4.69) is 0 Å². The fourth-order valence-corrected chi connectivity index (χ4v) is 3.96. The molecule has 0 heterocycles. The van der Waals surface area contributed by atoms with Crippen molar-refractivity contribution in [2.24, 2.45) is 0 Å². The molecular weight excluding hydrogens is 396 g/mol. The maximum Gasteiger partial charge on any atom is 0.324 e. The van der Waals surface area contributed by atoms with E-state index in [1.54, 1.807) is 0 Å². The summed E-state index contributed by atoms with van der Waals surface area (Å²) in [7, 11) is -8.60. The van der Waals surface area contributed by atoms with Gasteiger partial charge in [-0.1, -0.05) is 12.1 Å². The van der Waals surface area contributed by atoms with Crippen molar-refractivity contribution in [1.29, 1.82) is 0 Å². The maximum absolute atomic E-state index is 12.0. The second kappa shape index (κ2) is 7.63. The van der Waals surface area contributed by atoms with Crippen molar-refractivity contribution < 1.29 is 26.4 Å². The van der Waals surface area contributed by atoms with Gasteiger partial charge in [0.15, 0.2) is 0 Å². The van der Waals surface area contributed by atoms with Gasteiger partial charge in [0.2, 0.25) is 10.0 Å². The van der Waals surface area contributed by atoms with Crippen LogP contribution in [0.4, 0.5) is 11.4 Å². The molecule has 10 nitrogen and oxygen atoms in total. The zero-order chi connectivity index (χ0) is 20.2. The Labute approximate surface area is 155 Å². The lowest BCUT2D eigenvalue weighted by Gasteiger charge is -2.09. The van der Waals surface area contributed by atoms with Gasteiger partial charge in [0.05, 0.1) is 10.6 Å². The summed E-state index contributed by atoms with van der Waals surface area (Å²) in [5, 5.41) is 0. The molecule has 2 aromatic rings. The van der Waals surface area contributed by atoms with Gasteiger partial charge in [-0.2, -0.15) is 0 Å². The van der Waals surface area contributed by atoms with Crippen LogP contribution in [0.25, 0.3) is 0 Å². The fourth-order valence-electron chi connectivity index (χ4n) is 1.93. The van der Waals surface area contributed by atoms with E-state index < -0.39 is 37.6 Å². The molecule has 27 heavy (non-hydrogen) atoms. The van der Waals surface area contributed by atoms with Crippen molar-refractivity contribution in [3.63, 3.8) is 0 Å². The predicted octanol–water partition coefficient (Wildman–Crippen LogP) is -0.698. The quantitative estimate of drug-likeness (QED) is 0.368. The molecule has 144 valence electrons. The number of sulfonamides is 2. The minimum atomic E-state index is -4.37. The summed E-state index contributed by atoms with van der Waals surface area (Å²) >= 11 is 0. The molecule has 0 aliphatic heterocycles. The summed E-state index contributed by atoms with van der Waals surface area (Å²) < 4.78 is 51.0. The molecule has 0 atom stereocenters. The molecule has 2 rings (SSSR count). The average molecular weight is 412 g/mol. The highest BCUT2D eigenvalue weighted by atomic mass is 32.2. The lowest BCUT2D eigenvalue weighted by Crippen LogP contribution is -2.45. The Hall–Kier alpha value is -3.12. The van der Waals surface area contributed by atoms with Crippen LogP contribution in [0.5, 0.6) is 0 Å². The lowest BCUT2D eigenvalue weighted by molar-refractivity contribution is -0.137. The molecule has 2 aromatic carbocycles. The first-order valence-corrected chi connectivity index (χ1v) is 10.4.